The zero-order valence-electron chi connectivity index (χ0n) is 12.4. The predicted molar refractivity (Wildman–Crippen MR) is 75.4 cm³/mol. The van der Waals surface area contributed by atoms with Gasteiger partial charge in [0.25, 0.3) is 5.22 Å². The molecule has 0 aliphatic heterocycles. The number of oxazole rings is 1. The quantitative estimate of drug-likeness (QED) is 0.639. The SMILES string of the molecule is COC(=O)C(C)(CSc1nc(C)c(C)o1)NC(C)C. The van der Waals surface area contributed by atoms with Gasteiger partial charge in [0.1, 0.15) is 11.3 Å². The van der Waals surface area contributed by atoms with Gasteiger partial charge in [0.15, 0.2) is 0 Å². The highest BCUT2D eigenvalue weighted by Crippen LogP contribution is 2.25. The van der Waals surface area contributed by atoms with Crippen molar-refractivity contribution in [3.8, 4) is 0 Å². The second-order valence-electron chi connectivity index (χ2n) is 5.03. The van der Waals surface area contributed by atoms with Crippen molar-refractivity contribution in [2.75, 3.05) is 12.9 Å². The number of nitrogens with zero attached hydrogens (tertiary/aromatic N) is 1. The Morgan fingerprint density at radius 2 is 2.16 bits per heavy atom. The highest BCUT2D eigenvalue weighted by Gasteiger charge is 2.35. The lowest BCUT2D eigenvalue weighted by Crippen LogP contribution is -2.54. The van der Waals surface area contributed by atoms with Gasteiger partial charge < -0.3 is 9.15 Å². The van der Waals surface area contributed by atoms with Crippen LogP contribution in [0.3, 0.4) is 0 Å². The molecule has 0 spiro atoms. The second-order valence-corrected chi connectivity index (χ2v) is 5.96. The summed E-state index contributed by atoms with van der Waals surface area (Å²) in [6.45, 7) is 9.58. The lowest BCUT2D eigenvalue weighted by Gasteiger charge is -2.29. The minimum atomic E-state index is -0.760. The maximum atomic E-state index is 11.9. The second kappa shape index (κ2) is 6.43. The van der Waals surface area contributed by atoms with E-state index in [0.29, 0.717) is 11.0 Å². The van der Waals surface area contributed by atoms with Gasteiger partial charge in [-0.1, -0.05) is 11.8 Å². The van der Waals surface area contributed by atoms with Crippen molar-refractivity contribution >= 4 is 17.7 Å². The van der Waals surface area contributed by atoms with E-state index in [9.17, 15) is 4.79 Å². The molecular formula is C13H22N2O3S. The monoisotopic (exact) mass is 286 g/mol. The summed E-state index contributed by atoms with van der Waals surface area (Å²) >= 11 is 1.41. The lowest BCUT2D eigenvalue weighted by molar-refractivity contribution is -0.147. The first-order chi connectivity index (χ1) is 8.78. The van der Waals surface area contributed by atoms with Gasteiger partial charge in [0.2, 0.25) is 0 Å². The molecule has 108 valence electrons. The number of aromatic nitrogens is 1. The van der Waals surface area contributed by atoms with E-state index in [1.807, 2.05) is 34.6 Å². The molecule has 1 aromatic rings. The van der Waals surface area contributed by atoms with Gasteiger partial charge in [-0.25, -0.2) is 4.98 Å². The van der Waals surface area contributed by atoms with Gasteiger partial charge in [0, 0.05) is 11.8 Å². The van der Waals surface area contributed by atoms with Gasteiger partial charge in [0.05, 0.1) is 12.8 Å². The van der Waals surface area contributed by atoms with Crippen LogP contribution in [0.25, 0.3) is 0 Å². The molecule has 1 rings (SSSR count). The molecule has 0 aliphatic rings. The summed E-state index contributed by atoms with van der Waals surface area (Å²) in [6, 6.07) is 0.178. The van der Waals surface area contributed by atoms with E-state index in [-0.39, 0.29) is 12.0 Å². The Balaban J connectivity index is 2.75. The third-order valence-electron chi connectivity index (χ3n) is 2.74. The van der Waals surface area contributed by atoms with Crippen molar-refractivity contribution < 1.29 is 13.9 Å². The molecule has 1 N–H and O–H groups in total. The van der Waals surface area contributed by atoms with E-state index >= 15 is 0 Å². The fourth-order valence-corrected chi connectivity index (χ4v) is 2.73. The van der Waals surface area contributed by atoms with Crippen molar-refractivity contribution in [3.05, 3.63) is 11.5 Å². The number of ether oxygens (including phenoxy) is 1. The lowest BCUT2D eigenvalue weighted by atomic mass is 10.0. The average molecular weight is 286 g/mol. The third-order valence-corrected chi connectivity index (χ3v) is 3.88. The number of carbonyl (C=O) groups excluding carboxylic acids is 1. The summed E-state index contributed by atoms with van der Waals surface area (Å²) in [4.78, 5) is 16.2. The van der Waals surface area contributed by atoms with Crippen LogP contribution in [0.4, 0.5) is 0 Å². The number of esters is 1. The Hall–Kier alpha value is -1.01. The van der Waals surface area contributed by atoms with Crippen LogP contribution in [-0.2, 0) is 9.53 Å². The Labute approximate surface area is 118 Å². The van der Waals surface area contributed by atoms with Crippen molar-refractivity contribution in [1.29, 1.82) is 0 Å². The number of carbonyl (C=O) groups is 1. The predicted octanol–water partition coefficient (Wildman–Crippen LogP) is 2.31. The zero-order chi connectivity index (χ0) is 14.6. The van der Waals surface area contributed by atoms with Crippen LogP contribution in [0.5, 0.6) is 0 Å². The van der Waals surface area contributed by atoms with Crippen LogP contribution in [0, 0.1) is 13.8 Å². The standard InChI is InChI=1S/C13H22N2O3S/c1-8(2)15-13(5,11(16)17-6)7-19-12-14-9(3)10(4)18-12/h8,15H,7H2,1-6H3. The molecule has 19 heavy (non-hydrogen) atoms. The Morgan fingerprint density at radius 3 is 2.58 bits per heavy atom. The third kappa shape index (κ3) is 4.24. The first-order valence-corrected chi connectivity index (χ1v) is 7.20. The molecule has 0 aromatic carbocycles. The maximum absolute atomic E-state index is 11.9. The molecule has 1 unspecified atom stereocenters. The van der Waals surface area contributed by atoms with Crippen molar-refractivity contribution in [3.63, 3.8) is 0 Å². The summed E-state index contributed by atoms with van der Waals surface area (Å²) in [6.07, 6.45) is 0. The minimum Gasteiger partial charge on any atom is -0.468 e. The summed E-state index contributed by atoms with van der Waals surface area (Å²) in [5, 5.41) is 3.81. The molecule has 5 nitrogen and oxygen atoms in total. The highest BCUT2D eigenvalue weighted by atomic mass is 32.2. The van der Waals surface area contributed by atoms with Gasteiger partial charge >= 0.3 is 5.97 Å². The van der Waals surface area contributed by atoms with E-state index in [4.69, 9.17) is 9.15 Å². The molecule has 1 aromatic heterocycles. The number of hydrogen-bond donors (Lipinski definition) is 1. The van der Waals surface area contributed by atoms with Gasteiger partial charge in [-0.05, 0) is 34.6 Å². The molecule has 0 radical (unpaired) electrons. The van der Waals surface area contributed by atoms with E-state index in [1.165, 1.54) is 18.9 Å². The summed E-state index contributed by atoms with van der Waals surface area (Å²) in [5.41, 5.74) is 0.114. The van der Waals surface area contributed by atoms with Crippen LogP contribution in [0.15, 0.2) is 9.64 Å². The Morgan fingerprint density at radius 1 is 1.53 bits per heavy atom. The first kappa shape index (κ1) is 16.0. The molecule has 0 saturated heterocycles. The normalized spacial score (nSPS) is 14.5. The molecule has 0 saturated carbocycles. The molecule has 0 bridgehead atoms. The van der Waals surface area contributed by atoms with E-state index < -0.39 is 5.54 Å². The van der Waals surface area contributed by atoms with Crippen molar-refractivity contribution in [1.82, 2.24) is 10.3 Å². The largest absolute Gasteiger partial charge is 0.468 e. The van der Waals surface area contributed by atoms with Crippen LogP contribution in [-0.4, -0.2) is 35.4 Å². The number of aryl methyl sites for hydroxylation is 2. The Bertz CT molecular complexity index is 426. The number of thioether (sulfide) groups is 1. The number of nitrogens with one attached hydrogen (secondary N) is 1. The molecule has 6 heteroatoms. The maximum Gasteiger partial charge on any atom is 0.326 e. The molecule has 1 heterocycles. The topological polar surface area (TPSA) is 64.4 Å². The molecule has 1 atom stereocenters. The van der Waals surface area contributed by atoms with E-state index in [1.54, 1.807) is 0 Å². The van der Waals surface area contributed by atoms with Crippen LogP contribution in [0.2, 0.25) is 0 Å². The molecule has 0 aliphatic carbocycles. The van der Waals surface area contributed by atoms with Crippen LogP contribution >= 0.6 is 11.8 Å². The van der Waals surface area contributed by atoms with Gasteiger partial charge in [-0.2, -0.15) is 0 Å². The molecular weight excluding hydrogens is 264 g/mol. The van der Waals surface area contributed by atoms with Crippen molar-refractivity contribution in [2.45, 2.75) is 51.4 Å². The smallest absolute Gasteiger partial charge is 0.326 e. The average Bonchev–Trinajstić information content (AvgIpc) is 2.64. The van der Waals surface area contributed by atoms with E-state index in [0.717, 1.165) is 11.5 Å². The fourth-order valence-electron chi connectivity index (χ4n) is 1.73. The minimum absolute atomic E-state index is 0.178. The van der Waals surface area contributed by atoms with Gasteiger partial charge in [-0.15, -0.1) is 0 Å². The molecule has 0 amide bonds. The van der Waals surface area contributed by atoms with Gasteiger partial charge in [-0.3, -0.25) is 10.1 Å². The Kier molecular flexibility index (Phi) is 5.43. The summed E-state index contributed by atoms with van der Waals surface area (Å²) in [7, 11) is 1.40. The number of hydrogen-bond acceptors (Lipinski definition) is 6. The molecule has 0 fully saturated rings. The van der Waals surface area contributed by atoms with E-state index in [2.05, 4.69) is 10.3 Å². The van der Waals surface area contributed by atoms with Crippen LogP contribution in [0.1, 0.15) is 32.2 Å². The zero-order valence-corrected chi connectivity index (χ0v) is 13.2. The highest BCUT2D eigenvalue weighted by molar-refractivity contribution is 7.99. The summed E-state index contributed by atoms with van der Waals surface area (Å²) in [5.74, 6) is 1.02. The number of rotatable bonds is 6. The summed E-state index contributed by atoms with van der Waals surface area (Å²) < 4.78 is 10.4. The van der Waals surface area contributed by atoms with Crippen molar-refractivity contribution in [2.24, 2.45) is 0 Å². The van der Waals surface area contributed by atoms with Crippen LogP contribution < -0.4 is 5.32 Å². The first-order valence-electron chi connectivity index (χ1n) is 6.21. The fraction of sp³-hybridized carbons (Fsp3) is 0.692. The number of methoxy groups -OCH3 is 1.